The predicted octanol–water partition coefficient (Wildman–Crippen LogP) is 0.337. The van der Waals surface area contributed by atoms with Gasteiger partial charge in [0.15, 0.2) is 0 Å². The van der Waals surface area contributed by atoms with E-state index in [2.05, 4.69) is 4.90 Å². The Bertz CT molecular complexity index is 326. The van der Waals surface area contributed by atoms with E-state index in [-0.39, 0.29) is 11.8 Å². The van der Waals surface area contributed by atoms with Crippen molar-refractivity contribution in [2.75, 3.05) is 19.6 Å². The van der Waals surface area contributed by atoms with E-state index in [0.717, 1.165) is 6.54 Å². The Balaban J connectivity index is 2.01. The number of amides is 2. The van der Waals surface area contributed by atoms with Crippen molar-refractivity contribution in [2.24, 2.45) is 5.73 Å². The SMILES string of the molecule is CC(=O)N1CCN(C2CCCCC2)C[C@@H]1C(N)=O. The van der Waals surface area contributed by atoms with Crippen LogP contribution in [0.25, 0.3) is 0 Å². The van der Waals surface area contributed by atoms with Crippen molar-refractivity contribution in [3.63, 3.8) is 0 Å². The first kappa shape index (κ1) is 13.3. The first-order valence-electron chi connectivity index (χ1n) is 6.90. The molecule has 0 radical (unpaired) electrons. The van der Waals surface area contributed by atoms with Gasteiger partial charge in [0.1, 0.15) is 6.04 Å². The van der Waals surface area contributed by atoms with Gasteiger partial charge in [0, 0.05) is 32.6 Å². The molecule has 2 rings (SSSR count). The van der Waals surface area contributed by atoms with Gasteiger partial charge >= 0.3 is 0 Å². The number of carbonyl (C=O) groups is 2. The Labute approximate surface area is 108 Å². The molecule has 0 aromatic carbocycles. The fourth-order valence-electron chi connectivity index (χ4n) is 3.20. The molecule has 2 fully saturated rings. The largest absolute Gasteiger partial charge is 0.368 e. The third-order valence-electron chi connectivity index (χ3n) is 4.24. The molecule has 0 aromatic heterocycles. The van der Waals surface area contributed by atoms with Crippen LogP contribution >= 0.6 is 0 Å². The summed E-state index contributed by atoms with van der Waals surface area (Å²) in [6.45, 7) is 3.61. The molecular formula is C13H23N3O2. The van der Waals surface area contributed by atoms with Gasteiger partial charge < -0.3 is 10.6 Å². The fourth-order valence-corrected chi connectivity index (χ4v) is 3.20. The molecule has 0 unspecified atom stereocenters. The molecule has 0 spiro atoms. The van der Waals surface area contributed by atoms with Gasteiger partial charge in [0.25, 0.3) is 0 Å². The Morgan fingerprint density at radius 1 is 1.11 bits per heavy atom. The van der Waals surface area contributed by atoms with E-state index in [1.807, 2.05) is 0 Å². The zero-order valence-corrected chi connectivity index (χ0v) is 11.1. The number of primary amides is 1. The molecule has 0 aromatic rings. The Kier molecular flexibility index (Phi) is 4.22. The molecule has 1 atom stereocenters. The van der Waals surface area contributed by atoms with Crippen molar-refractivity contribution >= 4 is 11.8 Å². The van der Waals surface area contributed by atoms with E-state index >= 15 is 0 Å². The minimum absolute atomic E-state index is 0.0536. The van der Waals surface area contributed by atoms with Gasteiger partial charge in [-0.25, -0.2) is 0 Å². The first-order chi connectivity index (χ1) is 8.59. The van der Waals surface area contributed by atoms with Gasteiger partial charge in [0.05, 0.1) is 0 Å². The number of hydrogen-bond acceptors (Lipinski definition) is 3. The Morgan fingerprint density at radius 2 is 1.78 bits per heavy atom. The van der Waals surface area contributed by atoms with E-state index in [0.29, 0.717) is 19.1 Å². The van der Waals surface area contributed by atoms with Crippen molar-refractivity contribution in [1.82, 2.24) is 9.80 Å². The predicted molar refractivity (Wildman–Crippen MR) is 68.8 cm³/mol. The summed E-state index contributed by atoms with van der Waals surface area (Å²) in [5.74, 6) is -0.437. The van der Waals surface area contributed by atoms with E-state index in [1.54, 1.807) is 4.90 Å². The molecule has 1 aliphatic heterocycles. The first-order valence-corrected chi connectivity index (χ1v) is 6.90. The second-order valence-electron chi connectivity index (χ2n) is 5.42. The Hall–Kier alpha value is -1.10. The summed E-state index contributed by atoms with van der Waals surface area (Å²) in [5, 5.41) is 0. The molecule has 2 N–H and O–H groups in total. The Morgan fingerprint density at radius 3 is 2.33 bits per heavy atom. The zero-order chi connectivity index (χ0) is 13.1. The molecule has 2 amide bonds. The highest BCUT2D eigenvalue weighted by Crippen LogP contribution is 2.24. The smallest absolute Gasteiger partial charge is 0.241 e. The molecule has 1 aliphatic carbocycles. The number of hydrogen-bond donors (Lipinski definition) is 1. The highest BCUT2D eigenvalue weighted by Gasteiger charge is 2.35. The lowest BCUT2D eigenvalue weighted by Gasteiger charge is -2.44. The fraction of sp³-hybridized carbons (Fsp3) is 0.846. The molecular weight excluding hydrogens is 230 g/mol. The lowest BCUT2D eigenvalue weighted by atomic mass is 9.93. The number of carbonyl (C=O) groups excluding carboxylic acids is 2. The third kappa shape index (κ3) is 2.83. The summed E-state index contributed by atoms with van der Waals surface area (Å²) < 4.78 is 0. The average molecular weight is 253 g/mol. The molecule has 0 bridgehead atoms. The van der Waals surface area contributed by atoms with Crippen LogP contribution in [0.4, 0.5) is 0 Å². The van der Waals surface area contributed by atoms with Crippen molar-refractivity contribution in [3.8, 4) is 0 Å². The van der Waals surface area contributed by atoms with Crippen molar-refractivity contribution < 1.29 is 9.59 Å². The van der Waals surface area contributed by atoms with Gasteiger partial charge in [-0.2, -0.15) is 0 Å². The summed E-state index contributed by atoms with van der Waals surface area (Å²) in [7, 11) is 0. The van der Waals surface area contributed by atoms with Crippen LogP contribution in [0.15, 0.2) is 0 Å². The van der Waals surface area contributed by atoms with Gasteiger partial charge in [-0.05, 0) is 12.8 Å². The summed E-state index contributed by atoms with van der Waals surface area (Å²) in [6, 6.07) is 0.132. The standard InChI is InChI=1S/C13H23N3O2/c1-10(17)16-8-7-15(9-12(16)13(14)18)11-5-3-2-4-6-11/h11-12H,2-9H2,1H3,(H2,14,18)/t12-/m1/s1. The molecule has 1 heterocycles. The lowest BCUT2D eigenvalue weighted by molar-refractivity contribution is -0.141. The molecule has 1 saturated heterocycles. The number of piperazine rings is 1. The van der Waals surface area contributed by atoms with Crippen LogP contribution in [-0.4, -0.2) is 53.3 Å². The normalized spacial score (nSPS) is 27.2. The molecule has 1 saturated carbocycles. The second kappa shape index (κ2) is 5.69. The summed E-state index contributed by atoms with van der Waals surface area (Å²) in [4.78, 5) is 27.0. The summed E-state index contributed by atoms with van der Waals surface area (Å²) in [5.41, 5.74) is 5.43. The van der Waals surface area contributed by atoms with Crippen molar-refractivity contribution in [2.45, 2.75) is 51.1 Å². The van der Waals surface area contributed by atoms with E-state index in [4.69, 9.17) is 5.73 Å². The lowest BCUT2D eigenvalue weighted by Crippen LogP contribution is -2.61. The molecule has 5 heteroatoms. The van der Waals surface area contributed by atoms with Crippen molar-refractivity contribution in [3.05, 3.63) is 0 Å². The van der Waals surface area contributed by atoms with Crippen LogP contribution in [0, 0.1) is 0 Å². The van der Waals surface area contributed by atoms with Crippen LogP contribution in [0.2, 0.25) is 0 Å². The minimum atomic E-state index is -0.446. The topological polar surface area (TPSA) is 66.6 Å². The van der Waals surface area contributed by atoms with Gasteiger partial charge in [-0.15, -0.1) is 0 Å². The van der Waals surface area contributed by atoms with Gasteiger partial charge in [-0.3, -0.25) is 14.5 Å². The quantitative estimate of drug-likeness (QED) is 0.771. The number of rotatable bonds is 2. The molecule has 102 valence electrons. The maximum Gasteiger partial charge on any atom is 0.241 e. The van der Waals surface area contributed by atoms with Crippen LogP contribution in [0.5, 0.6) is 0 Å². The van der Waals surface area contributed by atoms with Crippen LogP contribution in [0.1, 0.15) is 39.0 Å². The molecule has 2 aliphatic rings. The zero-order valence-electron chi connectivity index (χ0n) is 11.1. The highest BCUT2D eigenvalue weighted by atomic mass is 16.2. The van der Waals surface area contributed by atoms with Crippen LogP contribution < -0.4 is 5.73 Å². The van der Waals surface area contributed by atoms with Crippen LogP contribution in [-0.2, 0) is 9.59 Å². The third-order valence-corrected chi connectivity index (χ3v) is 4.24. The second-order valence-corrected chi connectivity index (χ2v) is 5.42. The number of nitrogens with two attached hydrogens (primary N) is 1. The number of nitrogens with zero attached hydrogens (tertiary/aromatic N) is 2. The van der Waals surface area contributed by atoms with Gasteiger partial charge in [-0.1, -0.05) is 19.3 Å². The maximum absolute atomic E-state index is 11.5. The average Bonchev–Trinajstić information content (AvgIpc) is 2.39. The highest BCUT2D eigenvalue weighted by molar-refractivity contribution is 5.86. The van der Waals surface area contributed by atoms with Crippen LogP contribution in [0.3, 0.4) is 0 Å². The molecule has 5 nitrogen and oxygen atoms in total. The maximum atomic E-state index is 11.5. The summed E-state index contributed by atoms with van der Waals surface area (Å²) >= 11 is 0. The van der Waals surface area contributed by atoms with E-state index < -0.39 is 6.04 Å². The monoisotopic (exact) mass is 253 g/mol. The summed E-state index contributed by atoms with van der Waals surface area (Å²) in [6.07, 6.45) is 6.30. The van der Waals surface area contributed by atoms with Gasteiger partial charge in [0.2, 0.25) is 11.8 Å². The molecule has 18 heavy (non-hydrogen) atoms. The van der Waals surface area contributed by atoms with E-state index in [9.17, 15) is 9.59 Å². The van der Waals surface area contributed by atoms with E-state index in [1.165, 1.54) is 39.0 Å². The van der Waals surface area contributed by atoms with Crippen molar-refractivity contribution in [1.29, 1.82) is 0 Å². The minimum Gasteiger partial charge on any atom is -0.368 e.